The lowest BCUT2D eigenvalue weighted by Gasteiger charge is -2.09. The first-order valence-electron chi connectivity index (χ1n) is 5.80. The summed E-state index contributed by atoms with van der Waals surface area (Å²) in [5.74, 6) is -0.549. The van der Waals surface area contributed by atoms with E-state index in [1.54, 1.807) is 35.7 Å². The van der Waals surface area contributed by atoms with Gasteiger partial charge in [-0.2, -0.15) is 0 Å². The van der Waals surface area contributed by atoms with E-state index in [0.29, 0.717) is 22.9 Å². The van der Waals surface area contributed by atoms with Crippen LogP contribution in [0.15, 0.2) is 30.5 Å². The Bertz CT molecular complexity index is 652. The number of carbonyl (C=O) groups is 1. The fourth-order valence-corrected chi connectivity index (χ4v) is 2.53. The van der Waals surface area contributed by atoms with Crippen molar-refractivity contribution in [3.63, 3.8) is 0 Å². The molecule has 0 atom stereocenters. The molecule has 0 amide bonds. The predicted octanol–water partition coefficient (Wildman–Crippen LogP) is 3.78. The molecule has 2 aromatic rings. The van der Waals surface area contributed by atoms with Crippen LogP contribution in [0.2, 0.25) is 5.02 Å². The summed E-state index contributed by atoms with van der Waals surface area (Å²) >= 11 is 7.64. The molecule has 0 aliphatic carbocycles. The van der Waals surface area contributed by atoms with Crippen LogP contribution < -0.4 is 4.74 Å². The van der Waals surface area contributed by atoms with Gasteiger partial charge in [0.1, 0.15) is 12.4 Å². The third kappa shape index (κ3) is 3.82. The number of hydrogen-bond donors (Lipinski definition) is 1. The van der Waals surface area contributed by atoms with Crippen molar-refractivity contribution in [3.05, 3.63) is 50.9 Å². The number of aromatic nitrogens is 1. The first kappa shape index (κ1) is 14.6. The van der Waals surface area contributed by atoms with Crippen LogP contribution in [0, 0.1) is 6.92 Å². The van der Waals surface area contributed by atoms with Crippen LogP contribution in [0.1, 0.15) is 15.4 Å². The second-order valence-electron chi connectivity index (χ2n) is 3.96. The predicted molar refractivity (Wildman–Crippen MR) is 79.3 cm³/mol. The minimum atomic E-state index is -1.02. The summed E-state index contributed by atoms with van der Waals surface area (Å²) in [7, 11) is 0. The van der Waals surface area contributed by atoms with E-state index in [1.165, 1.54) is 6.08 Å². The van der Waals surface area contributed by atoms with Crippen LogP contribution in [0.3, 0.4) is 0 Å². The summed E-state index contributed by atoms with van der Waals surface area (Å²) in [5, 5.41) is 10.1. The molecule has 0 saturated carbocycles. The number of nitrogens with zero attached hydrogens (tertiary/aromatic N) is 1. The van der Waals surface area contributed by atoms with Crippen molar-refractivity contribution in [2.24, 2.45) is 0 Å². The van der Waals surface area contributed by atoms with Gasteiger partial charge in [-0.25, -0.2) is 9.78 Å². The fourth-order valence-electron chi connectivity index (χ4n) is 1.59. The SMILES string of the molecule is Cc1ncc(COc2c(Cl)cccc2/C=C/C(=O)O)s1. The normalized spacial score (nSPS) is 10.9. The maximum Gasteiger partial charge on any atom is 0.328 e. The van der Waals surface area contributed by atoms with Gasteiger partial charge in [-0.15, -0.1) is 11.3 Å². The van der Waals surface area contributed by atoms with Gasteiger partial charge in [0.2, 0.25) is 0 Å². The van der Waals surface area contributed by atoms with Gasteiger partial charge in [0, 0.05) is 17.8 Å². The van der Waals surface area contributed by atoms with Gasteiger partial charge in [-0.3, -0.25) is 0 Å². The van der Waals surface area contributed by atoms with Crippen LogP contribution in [0.4, 0.5) is 0 Å². The first-order chi connectivity index (χ1) is 9.56. The van der Waals surface area contributed by atoms with Crippen LogP contribution in [-0.4, -0.2) is 16.1 Å². The molecular formula is C14H12ClNO3S. The quantitative estimate of drug-likeness (QED) is 0.854. The van der Waals surface area contributed by atoms with Crippen molar-refractivity contribution in [3.8, 4) is 5.75 Å². The highest BCUT2D eigenvalue weighted by atomic mass is 35.5. The van der Waals surface area contributed by atoms with Crippen LogP contribution in [-0.2, 0) is 11.4 Å². The largest absolute Gasteiger partial charge is 0.486 e. The van der Waals surface area contributed by atoms with Crippen molar-refractivity contribution in [2.45, 2.75) is 13.5 Å². The Morgan fingerprint density at radius 1 is 1.55 bits per heavy atom. The minimum Gasteiger partial charge on any atom is -0.486 e. The van der Waals surface area contributed by atoms with Gasteiger partial charge in [0.15, 0.2) is 0 Å². The average molecular weight is 310 g/mol. The molecule has 0 bridgehead atoms. The number of benzene rings is 1. The highest BCUT2D eigenvalue weighted by Gasteiger charge is 2.08. The summed E-state index contributed by atoms with van der Waals surface area (Å²) in [4.78, 5) is 15.7. The van der Waals surface area contributed by atoms with E-state index in [9.17, 15) is 4.79 Å². The van der Waals surface area contributed by atoms with Crippen molar-refractivity contribution in [2.75, 3.05) is 0 Å². The molecule has 0 unspecified atom stereocenters. The van der Waals surface area contributed by atoms with Crippen molar-refractivity contribution < 1.29 is 14.6 Å². The Hall–Kier alpha value is -1.85. The number of rotatable bonds is 5. The van der Waals surface area contributed by atoms with E-state index in [2.05, 4.69) is 4.98 Å². The molecule has 6 heteroatoms. The summed E-state index contributed by atoms with van der Waals surface area (Å²) in [5.41, 5.74) is 0.626. The summed E-state index contributed by atoms with van der Waals surface area (Å²) in [6, 6.07) is 5.19. The maximum atomic E-state index is 10.6. The average Bonchev–Trinajstić information content (AvgIpc) is 2.81. The van der Waals surface area contributed by atoms with Crippen LogP contribution >= 0.6 is 22.9 Å². The Kier molecular flexibility index (Phi) is 4.76. The molecule has 104 valence electrons. The number of carboxylic acids is 1. The third-order valence-electron chi connectivity index (χ3n) is 2.43. The zero-order valence-corrected chi connectivity index (χ0v) is 12.2. The Morgan fingerprint density at radius 3 is 3.00 bits per heavy atom. The molecule has 0 aliphatic heterocycles. The van der Waals surface area contributed by atoms with E-state index in [4.69, 9.17) is 21.4 Å². The molecule has 0 saturated heterocycles. The topological polar surface area (TPSA) is 59.4 Å². The molecule has 0 radical (unpaired) electrons. The smallest absolute Gasteiger partial charge is 0.328 e. The number of carboxylic acid groups (broad SMARTS) is 1. The van der Waals surface area contributed by atoms with E-state index >= 15 is 0 Å². The van der Waals surface area contributed by atoms with Gasteiger partial charge >= 0.3 is 5.97 Å². The molecule has 1 aromatic heterocycles. The Balaban J connectivity index is 2.19. The van der Waals surface area contributed by atoms with Gasteiger partial charge in [0.25, 0.3) is 0 Å². The molecular weight excluding hydrogens is 298 g/mol. The number of para-hydroxylation sites is 1. The van der Waals surface area contributed by atoms with Crippen molar-refractivity contribution in [1.82, 2.24) is 4.98 Å². The summed E-state index contributed by atoms with van der Waals surface area (Å²) in [6.45, 7) is 2.27. The lowest BCUT2D eigenvalue weighted by molar-refractivity contribution is -0.131. The first-order valence-corrected chi connectivity index (χ1v) is 6.99. The molecule has 1 N–H and O–H groups in total. The number of aryl methyl sites for hydroxylation is 1. The number of aliphatic carboxylic acids is 1. The lowest BCUT2D eigenvalue weighted by atomic mass is 10.2. The van der Waals surface area contributed by atoms with E-state index in [1.807, 2.05) is 6.92 Å². The molecule has 4 nitrogen and oxygen atoms in total. The van der Waals surface area contributed by atoms with Crippen molar-refractivity contribution in [1.29, 1.82) is 0 Å². The molecule has 1 heterocycles. The minimum absolute atomic E-state index is 0.350. The lowest BCUT2D eigenvalue weighted by Crippen LogP contribution is -1.96. The summed E-state index contributed by atoms with van der Waals surface area (Å²) in [6.07, 6.45) is 4.26. The van der Waals surface area contributed by atoms with Crippen LogP contribution in [0.25, 0.3) is 6.08 Å². The maximum absolute atomic E-state index is 10.6. The van der Waals surface area contributed by atoms with Gasteiger partial charge in [0.05, 0.1) is 14.9 Å². The number of halogens is 1. The molecule has 0 fully saturated rings. The van der Waals surface area contributed by atoms with Crippen molar-refractivity contribution >= 4 is 35.0 Å². The van der Waals surface area contributed by atoms with Gasteiger partial charge < -0.3 is 9.84 Å². The molecule has 0 spiro atoms. The molecule has 1 aromatic carbocycles. The van der Waals surface area contributed by atoms with Crippen LogP contribution in [0.5, 0.6) is 5.75 Å². The van der Waals surface area contributed by atoms with E-state index in [0.717, 1.165) is 16.0 Å². The van der Waals surface area contributed by atoms with Gasteiger partial charge in [-0.1, -0.05) is 23.7 Å². The number of hydrogen-bond acceptors (Lipinski definition) is 4. The number of thiazole rings is 1. The second-order valence-corrected chi connectivity index (χ2v) is 5.69. The third-order valence-corrected chi connectivity index (χ3v) is 3.61. The zero-order valence-electron chi connectivity index (χ0n) is 10.7. The monoisotopic (exact) mass is 309 g/mol. The standard InChI is InChI=1S/C14H12ClNO3S/c1-9-16-7-11(20-9)8-19-14-10(5-6-13(17)18)3-2-4-12(14)15/h2-7H,8H2,1H3,(H,17,18)/b6-5+. The molecule has 20 heavy (non-hydrogen) atoms. The second kappa shape index (κ2) is 6.54. The summed E-state index contributed by atoms with van der Waals surface area (Å²) < 4.78 is 5.69. The fraction of sp³-hybridized carbons (Fsp3) is 0.143. The Labute approximate surface area is 125 Å². The molecule has 0 aliphatic rings. The van der Waals surface area contributed by atoms with E-state index in [-0.39, 0.29) is 0 Å². The van der Waals surface area contributed by atoms with Gasteiger partial charge in [-0.05, 0) is 19.1 Å². The number of ether oxygens (including phenoxy) is 1. The zero-order chi connectivity index (χ0) is 14.5. The Morgan fingerprint density at radius 2 is 2.35 bits per heavy atom. The molecule has 2 rings (SSSR count). The van der Waals surface area contributed by atoms with E-state index < -0.39 is 5.97 Å². The highest BCUT2D eigenvalue weighted by molar-refractivity contribution is 7.11. The highest BCUT2D eigenvalue weighted by Crippen LogP contribution is 2.30.